The molecule has 1 aliphatic heterocycles. The molecule has 0 bridgehead atoms. The number of aromatic nitrogens is 2. The summed E-state index contributed by atoms with van der Waals surface area (Å²) in [4.78, 5) is 29.0. The highest BCUT2D eigenvalue weighted by atomic mass is 35.5. The highest BCUT2D eigenvalue weighted by molar-refractivity contribution is 8.00. The molecule has 1 fully saturated rings. The first-order valence-electron chi connectivity index (χ1n) is 7.46. The van der Waals surface area contributed by atoms with Crippen molar-refractivity contribution in [3.05, 3.63) is 48.5 Å². The number of amides is 1. The number of thioether (sulfide) groups is 1. The molecule has 8 nitrogen and oxygen atoms in total. The van der Waals surface area contributed by atoms with Crippen LogP contribution in [0.5, 0.6) is 5.75 Å². The molecule has 0 spiro atoms. The summed E-state index contributed by atoms with van der Waals surface area (Å²) in [6, 6.07) is 6.25. The monoisotopic (exact) mass is 401 g/mol. The molecule has 10 heteroatoms. The lowest BCUT2D eigenvalue weighted by atomic mass is 10.2. The van der Waals surface area contributed by atoms with E-state index >= 15 is 0 Å². The second kappa shape index (κ2) is 10.0. The molecule has 1 amide bonds. The van der Waals surface area contributed by atoms with Crippen LogP contribution in [0.1, 0.15) is 10.4 Å². The maximum Gasteiger partial charge on any atom is 0.335 e. The molecule has 142 valence electrons. The van der Waals surface area contributed by atoms with Gasteiger partial charge in [-0.1, -0.05) is 0 Å². The zero-order valence-corrected chi connectivity index (χ0v) is 15.4. The highest BCUT2D eigenvalue weighted by Gasteiger charge is 2.29. The van der Waals surface area contributed by atoms with E-state index in [2.05, 4.69) is 4.98 Å². The number of ether oxygens (including phenoxy) is 1. The second-order valence-electron chi connectivity index (χ2n) is 5.29. The first-order valence-corrected chi connectivity index (χ1v) is 8.51. The van der Waals surface area contributed by atoms with Crippen LogP contribution in [0.2, 0.25) is 0 Å². The van der Waals surface area contributed by atoms with Crippen LogP contribution in [-0.4, -0.2) is 61.2 Å². The van der Waals surface area contributed by atoms with Gasteiger partial charge in [0, 0.05) is 24.7 Å². The minimum Gasteiger partial charge on any atom is -0.491 e. The number of carboxylic acid groups (broad SMARTS) is 1. The lowest BCUT2D eigenvalue weighted by Crippen LogP contribution is -2.39. The summed E-state index contributed by atoms with van der Waals surface area (Å²) in [5, 5.41) is 8.84. The minimum atomic E-state index is -0.968. The van der Waals surface area contributed by atoms with Crippen molar-refractivity contribution in [3.8, 4) is 5.75 Å². The van der Waals surface area contributed by atoms with E-state index in [4.69, 9.17) is 9.84 Å². The molecule has 1 aromatic heterocycles. The molecule has 1 atom stereocenters. The van der Waals surface area contributed by atoms with Crippen molar-refractivity contribution in [2.75, 3.05) is 18.9 Å². The zero-order valence-electron chi connectivity index (χ0n) is 13.8. The Balaban J connectivity index is 0.00000169. The smallest absolute Gasteiger partial charge is 0.335 e. The predicted octanol–water partition coefficient (Wildman–Crippen LogP) is 1.16. The fourth-order valence-electron chi connectivity index (χ4n) is 2.43. The molecule has 3 N–H and O–H groups in total. The van der Waals surface area contributed by atoms with Gasteiger partial charge in [0.25, 0.3) is 0 Å². The first-order chi connectivity index (χ1) is 11.6. The van der Waals surface area contributed by atoms with E-state index in [0.717, 1.165) is 5.75 Å². The molecule has 3 rings (SSSR count). The topological polar surface area (TPSA) is 116 Å². The van der Waals surface area contributed by atoms with Crippen molar-refractivity contribution in [1.82, 2.24) is 14.5 Å². The van der Waals surface area contributed by atoms with Gasteiger partial charge in [0.05, 0.1) is 11.9 Å². The Bertz CT molecular complexity index is 711. The van der Waals surface area contributed by atoms with Crippen LogP contribution >= 0.6 is 24.2 Å². The third-order valence-corrected chi connectivity index (χ3v) is 4.87. The van der Waals surface area contributed by atoms with E-state index in [1.807, 2.05) is 4.90 Å². The molecule has 1 aliphatic rings. The van der Waals surface area contributed by atoms with Crippen LogP contribution in [0.3, 0.4) is 0 Å². The van der Waals surface area contributed by atoms with Crippen LogP contribution < -0.4 is 4.74 Å². The number of carbonyl (C=O) groups excluding carboxylic acids is 1. The Hall–Kier alpha value is -2.23. The number of carbonyl (C=O) groups is 2. The zero-order chi connectivity index (χ0) is 16.9. The molecule has 1 saturated heterocycles. The standard InChI is InChI=1S/C16H17N3O4S.ClH.H2O/c20-14(9-18-6-5-17-11-18)19-7-8-24-15(19)10-23-13-3-1-12(2-4-13)16(21)22;;/h1-6,11,15H,7-10H2,(H,21,22);1H;1H2. The summed E-state index contributed by atoms with van der Waals surface area (Å²) < 4.78 is 7.46. The van der Waals surface area contributed by atoms with Crippen molar-refractivity contribution in [2.45, 2.75) is 11.9 Å². The number of hydrogen-bond acceptors (Lipinski definition) is 5. The number of aromatic carboxylic acids is 1. The first kappa shape index (κ1) is 21.8. The van der Waals surface area contributed by atoms with Crippen molar-refractivity contribution >= 4 is 36.0 Å². The number of rotatable bonds is 6. The summed E-state index contributed by atoms with van der Waals surface area (Å²) in [5.41, 5.74) is 0.217. The maximum atomic E-state index is 12.4. The van der Waals surface area contributed by atoms with E-state index in [-0.39, 0.29) is 41.3 Å². The van der Waals surface area contributed by atoms with E-state index in [0.29, 0.717) is 18.9 Å². The molecule has 1 unspecified atom stereocenters. The fourth-order valence-corrected chi connectivity index (χ4v) is 3.57. The number of imidazole rings is 1. The Kier molecular flexibility index (Phi) is 8.43. The Morgan fingerprint density at radius 1 is 1.31 bits per heavy atom. The minimum absolute atomic E-state index is 0. The summed E-state index contributed by atoms with van der Waals surface area (Å²) in [5.74, 6) is 0.535. The van der Waals surface area contributed by atoms with Crippen LogP contribution in [-0.2, 0) is 11.3 Å². The average Bonchev–Trinajstić information content (AvgIpc) is 3.24. The van der Waals surface area contributed by atoms with Gasteiger partial charge in [-0.2, -0.15) is 0 Å². The van der Waals surface area contributed by atoms with Gasteiger partial charge < -0.3 is 24.8 Å². The predicted molar refractivity (Wildman–Crippen MR) is 99.9 cm³/mol. The Morgan fingerprint density at radius 2 is 2.04 bits per heavy atom. The SMILES string of the molecule is Cl.O.O=C(O)c1ccc(OCC2SCCN2C(=O)Cn2ccnc2)cc1. The van der Waals surface area contributed by atoms with Crippen molar-refractivity contribution in [3.63, 3.8) is 0 Å². The Labute approximate surface area is 160 Å². The molecule has 26 heavy (non-hydrogen) atoms. The van der Waals surface area contributed by atoms with Gasteiger partial charge in [-0.15, -0.1) is 24.2 Å². The fraction of sp³-hybridized carbons (Fsp3) is 0.312. The van der Waals surface area contributed by atoms with Gasteiger partial charge in [0.2, 0.25) is 5.91 Å². The van der Waals surface area contributed by atoms with Gasteiger partial charge in [-0.25, -0.2) is 9.78 Å². The van der Waals surface area contributed by atoms with E-state index in [9.17, 15) is 9.59 Å². The molecule has 1 aromatic carbocycles. The quantitative estimate of drug-likeness (QED) is 0.776. The normalized spacial score (nSPS) is 15.7. The molecular weight excluding hydrogens is 382 g/mol. The number of benzene rings is 1. The largest absolute Gasteiger partial charge is 0.491 e. The van der Waals surface area contributed by atoms with Gasteiger partial charge in [0.1, 0.15) is 24.3 Å². The van der Waals surface area contributed by atoms with E-state index in [1.54, 1.807) is 47.2 Å². The lowest BCUT2D eigenvalue weighted by Gasteiger charge is -2.24. The summed E-state index contributed by atoms with van der Waals surface area (Å²) in [6.45, 7) is 1.33. The van der Waals surface area contributed by atoms with Crippen molar-refractivity contribution < 1.29 is 24.9 Å². The van der Waals surface area contributed by atoms with Crippen molar-refractivity contribution in [1.29, 1.82) is 0 Å². The number of halogens is 1. The van der Waals surface area contributed by atoms with Crippen LogP contribution in [0.15, 0.2) is 43.0 Å². The van der Waals surface area contributed by atoms with Gasteiger partial charge >= 0.3 is 5.97 Å². The summed E-state index contributed by atoms with van der Waals surface area (Å²) in [7, 11) is 0. The molecular formula is C16H20ClN3O5S. The molecule has 0 saturated carbocycles. The van der Waals surface area contributed by atoms with E-state index in [1.165, 1.54) is 12.1 Å². The van der Waals surface area contributed by atoms with Gasteiger partial charge in [0.15, 0.2) is 0 Å². The third kappa shape index (κ3) is 5.38. The average molecular weight is 402 g/mol. The molecule has 0 radical (unpaired) electrons. The Morgan fingerprint density at radius 3 is 2.65 bits per heavy atom. The number of nitrogens with zero attached hydrogens (tertiary/aromatic N) is 3. The molecule has 2 aromatic rings. The lowest BCUT2D eigenvalue weighted by molar-refractivity contribution is -0.132. The second-order valence-corrected chi connectivity index (χ2v) is 6.57. The molecule has 0 aliphatic carbocycles. The third-order valence-electron chi connectivity index (χ3n) is 3.68. The van der Waals surface area contributed by atoms with Gasteiger partial charge in [-0.3, -0.25) is 4.79 Å². The van der Waals surface area contributed by atoms with Gasteiger partial charge in [-0.05, 0) is 24.3 Å². The van der Waals surface area contributed by atoms with Crippen LogP contribution in [0.25, 0.3) is 0 Å². The highest BCUT2D eigenvalue weighted by Crippen LogP contribution is 2.25. The van der Waals surface area contributed by atoms with Crippen LogP contribution in [0.4, 0.5) is 0 Å². The maximum absolute atomic E-state index is 12.4. The summed E-state index contributed by atoms with van der Waals surface area (Å²) >= 11 is 1.68. The number of carboxylic acids is 1. The summed E-state index contributed by atoms with van der Waals surface area (Å²) in [6.07, 6.45) is 5.03. The number of hydrogen-bond donors (Lipinski definition) is 1. The molecule has 2 heterocycles. The van der Waals surface area contributed by atoms with Crippen molar-refractivity contribution in [2.24, 2.45) is 0 Å². The van der Waals surface area contributed by atoms with Crippen LogP contribution in [0, 0.1) is 0 Å². The van der Waals surface area contributed by atoms with E-state index < -0.39 is 5.97 Å².